The first-order valence-electron chi connectivity index (χ1n) is 21.5. The Kier molecular flexibility index (Phi) is 13.3. The lowest BCUT2D eigenvalue weighted by molar-refractivity contribution is -0.210. The number of hydrogen-bond donors (Lipinski definition) is 0. The summed E-state index contributed by atoms with van der Waals surface area (Å²) in [5.41, 5.74) is -0.365. The minimum atomic E-state index is -0.925. The van der Waals surface area contributed by atoms with Crippen molar-refractivity contribution in [2.45, 2.75) is 118 Å². The molecule has 10 heteroatoms. The molecular formula is C47H68O10. The SMILES string of the molecule is COCCOCCOCCOCCC(=O)O[C@H]1CC[C@]2(C)[C@H]3C(=O)C=C4[C@@H]5C[C@@](C)(C(=O)OCc6ccccc6)CC[C@]5(C)CC[C@@]4(C)[C@]3(C)CC[C@H]2[C@]1(C)C=O. The van der Waals surface area contributed by atoms with Crippen molar-refractivity contribution in [2.75, 3.05) is 53.4 Å². The number of carbonyl (C=O) groups is 4. The Bertz CT molecular complexity index is 1640. The third-order valence-electron chi connectivity index (χ3n) is 16.1. The predicted molar refractivity (Wildman–Crippen MR) is 215 cm³/mol. The number of esters is 2. The molecule has 0 aromatic heterocycles. The van der Waals surface area contributed by atoms with E-state index < -0.39 is 22.3 Å². The summed E-state index contributed by atoms with van der Waals surface area (Å²) in [5.74, 6) is -0.663. The normalized spacial score (nSPS) is 38.4. The van der Waals surface area contributed by atoms with E-state index in [0.717, 1.165) is 50.4 Å². The van der Waals surface area contributed by atoms with Gasteiger partial charge in [-0.15, -0.1) is 0 Å². The monoisotopic (exact) mass is 792 g/mol. The number of aldehydes is 1. The zero-order chi connectivity index (χ0) is 41.1. The lowest BCUT2D eigenvalue weighted by Gasteiger charge is -2.70. The molecule has 0 amide bonds. The molecule has 5 aliphatic carbocycles. The summed E-state index contributed by atoms with van der Waals surface area (Å²) in [7, 11) is 1.63. The van der Waals surface area contributed by atoms with E-state index in [1.807, 2.05) is 43.3 Å². The quantitative estimate of drug-likeness (QED) is 0.0875. The minimum Gasteiger partial charge on any atom is -0.461 e. The topological polar surface area (TPSA) is 124 Å². The van der Waals surface area contributed by atoms with Crippen LogP contribution in [-0.4, -0.2) is 83.5 Å². The average Bonchev–Trinajstić information content (AvgIpc) is 3.19. The molecule has 0 N–H and O–H groups in total. The molecule has 0 spiro atoms. The minimum absolute atomic E-state index is 0.00542. The van der Waals surface area contributed by atoms with Gasteiger partial charge in [0, 0.05) is 13.0 Å². The van der Waals surface area contributed by atoms with Gasteiger partial charge in [0.15, 0.2) is 5.78 Å². The standard InChI is InChI=1S/C47H68O10/c1-42-18-19-43(2,41(51)56-31-33-11-9-8-10-12-33)30-35(42)34-29-36(49)40-44(3)16-14-38(57-39(50)15-22-53-25-26-55-28-27-54-24-23-52-7)45(4,32-48)37(44)13-17-47(40,6)46(34,5)21-20-42/h8-12,29,32,35,37-38,40H,13-28,30-31H2,1-7H3/t35-,37+,38-,40+,42+,43-,44-,45-,46+,47+/m0/s1. The van der Waals surface area contributed by atoms with E-state index in [9.17, 15) is 19.2 Å². The predicted octanol–water partition coefficient (Wildman–Crippen LogP) is 7.89. The summed E-state index contributed by atoms with van der Waals surface area (Å²) in [5, 5.41) is 0. The molecule has 4 saturated carbocycles. The molecule has 10 nitrogen and oxygen atoms in total. The van der Waals surface area contributed by atoms with E-state index in [1.54, 1.807) is 7.11 Å². The van der Waals surface area contributed by atoms with E-state index in [0.29, 0.717) is 58.9 Å². The van der Waals surface area contributed by atoms with Crippen molar-refractivity contribution in [3.63, 3.8) is 0 Å². The Labute approximate surface area is 340 Å². The zero-order valence-corrected chi connectivity index (χ0v) is 35.7. The van der Waals surface area contributed by atoms with Crippen LogP contribution in [0, 0.1) is 50.2 Å². The number of hydrogen-bond acceptors (Lipinski definition) is 10. The average molecular weight is 793 g/mol. The summed E-state index contributed by atoms with van der Waals surface area (Å²) >= 11 is 0. The van der Waals surface area contributed by atoms with Gasteiger partial charge < -0.3 is 33.2 Å². The van der Waals surface area contributed by atoms with Crippen LogP contribution in [0.5, 0.6) is 0 Å². The molecule has 57 heavy (non-hydrogen) atoms. The summed E-state index contributed by atoms with van der Waals surface area (Å²) in [4.78, 5) is 55.0. The van der Waals surface area contributed by atoms with Crippen LogP contribution < -0.4 is 0 Å². The molecule has 1 aromatic carbocycles. The van der Waals surface area contributed by atoms with Crippen molar-refractivity contribution in [1.29, 1.82) is 0 Å². The summed E-state index contributed by atoms with van der Waals surface area (Å²) in [6, 6.07) is 9.82. The van der Waals surface area contributed by atoms with Crippen LogP contribution in [0.2, 0.25) is 0 Å². The first-order valence-corrected chi connectivity index (χ1v) is 21.5. The van der Waals surface area contributed by atoms with Gasteiger partial charge in [-0.2, -0.15) is 0 Å². The van der Waals surface area contributed by atoms with Crippen LogP contribution in [0.25, 0.3) is 0 Å². The largest absolute Gasteiger partial charge is 0.461 e. The van der Waals surface area contributed by atoms with Crippen LogP contribution in [0.4, 0.5) is 0 Å². The number of fused-ring (bicyclic) bond motifs is 7. The lowest BCUT2D eigenvalue weighted by atomic mass is 9.33. The van der Waals surface area contributed by atoms with Crippen molar-refractivity contribution in [3.05, 3.63) is 47.5 Å². The number of methoxy groups -OCH3 is 1. The van der Waals surface area contributed by atoms with Gasteiger partial charge in [0.05, 0.1) is 63.5 Å². The van der Waals surface area contributed by atoms with E-state index in [4.69, 9.17) is 28.4 Å². The van der Waals surface area contributed by atoms with Crippen molar-refractivity contribution in [2.24, 2.45) is 50.2 Å². The highest BCUT2D eigenvalue weighted by Crippen LogP contribution is 2.75. The smallest absolute Gasteiger partial charge is 0.312 e. The van der Waals surface area contributed by atoms with Gasteiger partial charge in [0.1, 0.15) is 19.0 Å². The third-order valence-corrected chi connectivity index (χ3v) is 16.1. The number of benzene rings is 1. The van der Waals surface area contributed by atoms with Crippen LogP contribution in [-0.2, 0) is 54.2 Å². The van der Waals surface area contributed by atoms with Gasteiger partial charge in [-0.05, 0) is 117 Å². The second kappa shape index (κ2) is 17.4. The summed E-state index contributed by atoms with van der Waals surface area (Å²) in [6.45, 7) is 16.5. The maximum Gasteiger partial charge on any atom is 0.312 e. The summed E-state index contributed by atoms with van der Waals surface area (Å²) in [6.07, 6.45) is 9.71. The molecule has 0 saturated heterocycles. The van der Waals surface area contributed by atoms with Gasteiger partial charge in [0.25, 0.3) is 0 Å². The van der Waals surface area contributed by atoms with Gasteiger partial charge >= 0.3 is 11.9 Å². The van der Waals surface area contributed by atoms with Crippen LogP contribution in [0.1, 0.15) is 111 Å². The van der Waals surface area contributed by atoms with Gasteiger partial charge in [-0.3, -0.25) is 14.4 Å². The molecule has 10 atom stereocenters. The number of ether oxygens (including phenoxy) is 6. The highest BCUT2D eigenvalue weighted by Gasteiger charge is 2.71. The van der Waals surface area contributed by atoms with Crippen LogP contribution in [0.3, 0.4) is 0 Å². The Morgan fingerprint density at radius 3 is 2.11 bits per heavy atom. The van der Waals surface area contributed by atoms with E-state index in [2.05, 4.69) is 34.6 Å². The van der Waals surface area contributed by atoms with E-state index >= 15 is 0 Å². The fourth-order valence-corrected chi connectivity index (χ4v) is 12.4. The molecule has 5 aliphatic rings. The molecule has 0 radical (unpaired) electrons. The fraction of sp³-hybridized carbons (Fsp3) is 0.745. The molecule has 316 valence electrons. The number of carbonyl (C=O) groups excluding carboxylic acids is 4. The summed E-state index contributed by atoms with van der Waals surface area (Å²) < 4.78 is 33.5. The van der Waals surface area contributed by atoms with Crippen LogP contribution >= 0.6 is 0 Å². The number of allylic oxidation sites excluding steroid dienone is 2. The van der Waals surface area contributed by atoms with Crippen molar-refractivity contribution in [3.8, 4) is 0 Å². The second-order valence-electron chi connectivity index (χ2n) is 19.4. The van der Waals surface area contributed by atoms with Crippen molar-refractivity contribution < 1.29 is 47.6 Å². The zero-order valence-electron chi connectivity index (χ0n) is 35.7. The third kappa shape index (κ3) is 8.18. The fourth-order valence-electron chi connectivity index (χ4n) is 12.4. The maximum absolute atomic E-state index is 14.9. The molecule has 1 aromatic rings. The highest BCUT2D eigenvalue weighted by atomic mass is 16.6. The Morgan fingerprint density at radius 2 is 1.44 bits per heavy atom. The Balaban J connectivity index is 1.12. The first-order chi connectivity index (χ1) is 27.1. The van der Waals surface area contributed by atoms with Gasteiger partial charge in [0.2, 0.25) is 0 Å². The molecule has 0 aliphatic heterocycles. The molecule has 4 fully saturated rings. The second-order valence-corrected chi connectivity index (χ2v) is 19.4. The molecule has 0 heterocycles. The van der Waals surface area contributed by atoms with E-state index in [1.165, 1.54) is 5.57 Å². The maximum atomic E-state index is 14.9. The van der Waals surface area contributed by atoms with Crippen molar-refractivity contribution in [1.82, 2.24) is 0 Å². The molecule has 0 bridgehead atoms. The lowest BCUT2D eigenvalue weighted by Crippen LogP contribution is -2.67. The Morgan fingerprint density at radius 1 is 0.789 bits per heavy atom. The highest BCUT2D eigenvalue weighted by molar-refractivity contribution is 5.96. The van der Waals surface area contributed by atoms with Gasteiger partial charge in [-0.1, -0.05) is 63.6 Å². The molecule has 6 rings (SSSR count). The first kappa shape index (κ1) is 43.7. The van der Waals surface area contributed by atoms with Crippen LogP contribution in [0.15, 0.2) is 42.0 Å². The number of rotatable bonds is 17. The molecular weight excluding hydrogens is 725 g/mol. The Hall–Kier alpha value is -2.92. The van der Waals surface area contributed by atoms with E-state index in [-0.39, 0.29) is 71.4 Å². The number of ketones is 1. The van der Waals surface area contributed by atoms with Crippen molar-refractivity contribution >= 4 is 24.0 Å². The molecule has 0 unspecified atom stereocenters. The van der Waals surface area contributed by atoms with Gasteiger partial charge in [-0.25, -0.2) is 0 Å².